The van der Waals surface area contributed by atoms with E-state index in [1.54, 1.807) is 17.0 Å². The molecule has 2 heterocycles. The Balaban J connectivity index is 1.66. The fourth-order valence-corrected chi connectivity index (χ4v) is 4.36. The third kappa shape index (κ3) is 4.15. The predicted molar refractivity (Wildman–Crippen MR) is 104 cm³/mol. The molecule has 0 aliphatic carbocycles. The van der Waals surface area contributed by atoms with Gasteiger partial charge in [0.2, 0.25) is 0 Å². The van der Waals surface area contributed by atoms with Crippen LogP contribution in [-0.4, -0.2) is 67.1 Å². The summed E-state index contributed by atoms with van der Waals surface area (Å²) in [5.41, 5.74) is 0.583. The minimum Gasteiger partial charge on any atom is -0.367 e. The lowest BCUT2D eigenvalue weighted by Gasteiger charge is -2.47. The van der Waals surface area contributed by atoms with E-state index in [9.17, 15) is 17.6 Å². The molecule has 0 aromatic heterocycles. The molecule has 7 heteroatoms. The van der Waals surface area contributed by atoms with Crippen molar-refractivity contribution < 1.29 is 17.6 Å². The highest BCUT2D eigenvalue weighted by Gasteiger charge is 2.48. The summed E-state index contributed by atoms with van der Waals surface area (Å²) < 4.78 is 58.3. The van der Waals surface area contributed by atoms with Crippen LogP contribution in [-0.2, 0) is 0 Å². The molecule has 1 aromatic carbocycles. The van der Waals surface area contributed by atoms with Crippen LogP contribution in [0.2, 0.25) is 0 Å². The number of benzene rings is 1. The van der Waals surface area contributed by atoms with Gasteiger partial charge in [-0.25, -0.2) is 17.6 Å². The highest BCUT2D eigenvalue weighted by Crippen LogP contribution is 2.34. The fourth-order valence-electron chi connectivity index (χ4n) is 4.36. The van der Waals surface area contributed by atoms with E-state index in [-0.39, 0.29) is 24.2 Å². The van der Waals surface area contributed by atoms with E-state index in [1.807, 2.05) is 37.5 Å². The van der Waals surface area contributed by atoms with Crippen molar-refractivity contribution >= 4 is 5.69 Å². The SMILES string of the molecule is CC(C)c1ccc(N2CCN([C@@H]3CCN(C(C)C)CC3(F)F)CC2)c(F)c1F. The van der Waals surface area contributed by atoms with Crippen LogP contribution in [0.15, 0.2) is 12.1 Å². The molecular weight excluding hydrogens is 370 g/mol. The minimum absolute atomic E-state index is 0.0978. The summed E-state index contributed by atoms with van der Waals surface area (Å²) in [4.78, 5) is 5.41. The van der Waals surface area contributed by atoms with E-state index in [0.717, 1.165) is 0 Å². The molecule has 0 unspecified atom stereocenters. The van der Waals surface area contributed by atoms with Crippen LogP contribution in [0.4, 0.5) is 23.2 Å². The van der Waals surface area contributed by atoms with E-state index in [0.29, 0.717) is 44.7 Å². The van der Waals surface area contributed by atoms with Crippen molar-refractivity contribution in [3.63, 3.8) is 0 Å². The van der Waals surface area contributed by atoms with Crippen LogP contribution in [0.25, 0.3) is 0 Å². The van der Waals surface area contributed by atoms with Gasteiger partial charge in [-0.1, -0.05) is 19.9 Å². The summed E-state index contributed by atoms with van der Waals surface area (Å²) in [5, 5.41) is 0. The van der Waals surface area contributed by atoms with Gasteiger partial charge in [0.1, 0.15) is 0 Å². The average Bonchev–Trinajstić information content (AvgIpc) is 2.63. The van der Waals surface area contributed by atoms with E-state index in [1.165, 1.54) is 0 Å². The summed E-state index contributed by atoms with van der Waals surface area (Å²) in [5.74, 6) is -4.50. The zero-order chi connectivity index (χ0) is 20.6. The molecule has 2 fully saturated rings. The monoisotopic (exact) mass is 401 g/mol. The summed E-state index contributed by atoms with van der Waals surface area (Å²) in [6.45, 7) is 9.64. The summed E-state index contributed by atoms with van der Waals surface area (Å²) in [6.07, 6.45) is 0.428. The quantitative estimate of drug-likeness (QED) is 0.696. The molecule has 1 atom stereocenters. The highest BCUT2D eigenvalue weighted by molar-refractivity contribution is 5.50. The number of likely N-dealkylation sites (tertiary alicyclic amines) is 1. The van der Waals surface area contributed by atoms with Crippen molar-refractivity contribution in [1.29, 1.82) is 0 Å². The van der Waals surface area contributed by atoms with E-state index in [2.05, 4.69) is 0 Å². The van der Waals surface area contributed by atoms with Gasteiger partial charge < -0.3 is 4.90 Å². The Morgan fingerprint density at radius 1 is 0.929 bits per heavy atom. The number of hydrogen-bond donors (Lipinski definition) is 0. The zero-order valence-electron chi connectivity index (χ0n) is 17.2. The molecule has 0 N–H and O–H groups in total. The Morgan fingerprint density at radius 2 is 1.57 bits per heavy atom. The normalized spacial score (nSPS) is 24.4. The van der Waals surface area contributed by atoms with Crippen LogP contribution < -0.4 is 4.90 Å². The van der Waals surface area contributed by atoms with Crippen LogP contribution >= 0.6 is 0 Å². The molecule has 2 aliphatic rings. The van der Waals surface area contributed by atoms with Gasteiger partial charge in [-0.05, 0) is 37.8 Å². The van der Waals surface area contributed by atoms with Crippen molar-refractivity contribution in [2.45, 2.75) is 58.0 Å². The standard InChI is InChI=1S/C21H31F4N3/c1-14(2)16-5-6-17(20(23)19(16)22)26-9-11-27(12-10-26)18-7-8-28(15(3)4)13-21(18,24)25/h5-6,14-15,18H,7-13H2,1-4H3/t18-/m1/s1. The van der Waals surface area contributed by atoms with Gasteiger partial charge in [0.05, 0.1) is 18.3 Å². The molecule has 0 saturated carbocycles. The first-order chi connectivity index (χ1) is 13.1. The van der Waals surface area contributed by atoms with Crippen molar-refractivity contribution in [1.82, 2.24) is 9.80 Å². The second-order valence-electron chi connectivity index (χ2n) is 8.61. The number of nitrogens with zero attached hydrogens (tertiary/aromatic N) is 3. The number of piperidine rings is 1. The molecule has 28 heavy (non-hydrogen) atoms. The second kappa shape index (κ2) is 8.19. The molecule has 2 aliphatic heterocycles. The Labute approximate surface area is 165 Å². The molecule has 0 radical (unpaired) electrons. The lowest BCUT2D eigenvalue weighted by molar-refractivity contribution is -0.133. The van der Waals surface area contributed by atoms with Crippen molar-refractivity contribution in [2.24, 2.45) is 0 Å². The van der Waals surface area contributed by atoms with Crippen LogP contribution in [0, 0.1) is 11.6 Å². The van der Waals surface area contributed by atoms with Crippen LogP contribution in [0.5, 0.6) is 0 Å². The van der Waals surface area contributed by atoms with E-state index >= 15 is 0 Å². The average molecular weight is 401 g/mol. The van der Waals surface area contributed by atoms with E-state index in [4.69, 9.17) is 0 Å². The lowest BCUT2D eigenvalue weighted by Crippen LogP contribution is -2.62. The van der Waals surface area contributed by atoms with Crippen molar-refractivity contribution in [3.8, 4) is 0 Å². The van der Waals surface area contributed by atoms with Gasteiger partial charge in [0.15, 0.2) is 11.6 Å². The Hall–Kier alpha value is -1.34. The van der Waals surface area contributed by atoms with Crippen LogP contribution in [0.3, 0.4) is 0 Å². The zero-order valence-corrected chi connectivity index (χ0v) is 17.2. The van der Waals surface area contributed by atoms with E-state index < -0.39 is 23.6 Å². The smallest absolute Gasteiger partial charge is 0.275 e. The first-order valence-electron chi connectivity index (χ1n) is 10.2. The molecular formula is C21H31F4N3. The third-order valence-corrected chi connectivity index (χ3v) is 6.13. The Morgan fingerprint density at radius 3 is 2.11 bits per heavy atom. The number of piperazine rings is 1. The van der Waals surface area contributed by atoms with Gasteiger partial charge in [0.25, 0.3) is 5.92 Å². The number of hydrogen-bond acceptors (Lipinski definition) is 3. The number of anilines is 1. The molecule has 0 bridgehead atoms. The number of rotatable bonds is 4. The Bertz CT molecular complexity index is 684. The van der Waals surface area contributed by atoms with Crippen LogP contribution in [0.1, 0.15) is 45.6 Å². The first kappa shape index (κ1) is 21.4. The molecule has 3 rings (SSSR count). The minimum atomic E-state index is -2.76. The molecule has 1 aromatic rings. The largest absolute Gasteiger partial charge is 0.367 e. The summed E-state index contributed by atoms with van der Waals surface area (Å²) in [6, 6.07) is 2.56. The Kier molecular flexibility index (Phi) is 6.25. The van der Waals surface area contributed by atoms with Gasteiger partial charge in [-0.15, -0.1) is 0 Å². The summed E-state index contributed by atoms with van der Waals surface area (Å²) >= 11 is 0. The molecule has 0 amide bonds. The van der Waals surface area contributed by atoms with Crippen molar-refractivity contribution in [2.75, 3.05) is 44.2 Å². The molecule has 158 valence electrons. The first-order valence-corrected chi connectivity index (χ1v) is 10.2. The molecule has 3 nitrogen and oxygen atoms in total. The predicted octanol–water partition coefficient (Wildman–Crippen LogP) is 4.33. The second-order valence-corrected chi connectivity index (χ2v) is 8.61. The topological polar surface area (TPSA) is 9.72 Å². The fraction of sp³-hybridized carbons (Fsp3) is 0.714. The van der Waals surface area contributed by atoms with Gasteiger partial charge in [0, 0.05) is 38.8 Å². The maximum absolute atomic E-state index is 14.7. The third-order valence-electron chi connectivity index (χ3n) is 6.13. The van der Waals surface area contributed by atoms with Gasteiger partial charge in [-0.2, -0.15) is 0 Å². The molecule has 0 spiro atoms. The van der Waals surface area contributed by atoms with Gasteiger partial charge in [-0.3, -0.25) is 9.80 Å². The summed E-state index contributed by atoms with van der Waals surface area (Å²) in [7, 11) is 0. The number of halogens is 4. The lowest BCUT2D eigenvalue weighted by atomic mass is 9.97. The molecule has 2 saturated heterocycles. The maximum atomic E-state index is 14.7. The maximum Gasteiger partial charge on any atom is 0.275 e. The van der Waals surface area contributed by atoms with Gasteiger partial charge >= 0.3 is 0 Å². The highest BCUT2D eigenvalue weighted by atomic mass is 19.3. The van der Waals surface area contributed by atoms with Crippen molar-refractivity contribution in [3.05, 3.63) is 29.3 Å². The number of alkyl halides is 2.